The lowest BCUT2D eigenvalue weighted by Crippen LogP contribution is -2.40. The molecule has 0 spiro atoms. The summed E-state index contributed by atoms with van der Waals surface area (Å²) >= 11 is 0. The van der Waals surface area contributed by atoms with Crippen molar-refractivity contribution in [2.45, 2.75) is 57.0 Å². The number of hydrogen-bond acceptors (Lipinski definition) is 5. The van der Waals surface area contributed by atoms with Crippen molar-refractivity contribution in [2.24, 2.45) is 5.92 Å². The van der Waals surface area contributed by atoms with Crippen LogP contribution in [0.3, 0.4) is 0 Å². The summed E-state index contributed by atoms with van der Waals surface area (Å²) in [6.45, 7) is 4.56. The summed E-state index contributed by atoms with van der Waals surface area (Å²) in [6.07, 6.45) is 8.96. The van der Waals surface area contributed by atoms with E-state index in [4.69, 9.17) is 4.98 Å². The van der Waals surface area contributed by atoms with Crippen molar-refractivity contribution >= 4 is 11.9 Å². The van der Waals surface area contributed by atoms with E-state index in [9.17, 15) is 4.79 Å². The lowest BCUT2D eigenvalue weighted by molar-refractivity contribution is -0.125. The molecular weight excluding hydrogens is 386 g/mol. The molecule has 2 atom stereocenters. The van der Waals surface area contributed by atoms with E-state index in [0.29, 0.717) is 6.04 Å². The molecular formula is C25H33N5O. The molecule has 6 heteroatoms. The van der Waals surface area contributed by atoms with Crippen LogP contribution >= 0.6 is 0 Å². The average Bonchev–Trinajstić information content (AvgIpc) is 3.57. The van der Waals surface area contributed by atoms with Gasteiger partial charge in [-0.3, -0.25) is 9.69 Å². The Hall–Kier alpha value is -2.47. The Balaban J connectivity index is 1.36. The maximum atomic E-state index is 13.3. The van der Waals surface area contributed by atoms with E-state index >= 15 is 0 Å². The largest absolute Gasteiger partial charge is 0.353 e. The monoisotopic (exact) mass is 419 g/mol. The highest BCUT2D eigenvalue weighted by Crippen LogP contribution is 2.34. The van der Waals surface area contributed by atoms with Crippen molar-refractivity contribution in [3.8, 4) is 0 Å². The van der Waals surface area contributed by atoms with Gasteiger partial charge in [-0.1, -0.05) is 43.2 Å². The lowest BCUT2D eigenvalue weighted by Gasteiger charge is -2.22. The molecule has 2 aromatic rings. The molecule has 3 aliphatic rings. The topological polar surface area (TPSA) is 61.4 Å². The van der Waals surface area contributed by atoms with Gasteiger partial charge in [-0.25, -0.2) is 9.97 Å². The minimum absolute atomic E-state index is 0.0642. The predicted molar refractivity (Wildman–Crippen MR) is 122 cm³/mol. The van der Waals surface area contributed by atoms with Crippen molar-refractivity contribution < 1.29 is 4.79 Å². The molecule has 1 aromatic carbocycles. The molecule has 31 heavy (non-hydrogen) atoms. The average molecular weight is 420 g/mol. The molecule has 1 aromatic heterocycles. The van der Waals surface area contributed by atoms with Crippen LogP contribution in [0.25, 0.3) is 0 Å². The number of nitrogens with one attached hydrogen (secondary N) is 1. The summed E-state index contributed by atoms with van der Waals surface area (Å²) in [6, 6.07) is 12.9. The van der Waals surface area contributed by atoms with Crippen LogP contribution in [0, 0.1) is 5.92 Å². The number of aromatic nitrogens is 2. The van der Waals surface area contributed by atoms with E-state index in [1.165, 1.54) is 31.2 Å². The Bertz CT molecular complexity index is 876. The van der Waals surface area contributed by atoms with E-state index in [1.54, 1.807) is 0 Å². The second-order valence-corrected chi connectivity index (χ2v) is 9.36. The van der Waals surface area contributed by atoms with Crippen molar-refractivity contribution in [3.63, 3.8) is 0 Å². The molecule has 2 aliphatic heterocycles. The van der Waals surface area contributed by atoms with Gasteiger partial charge in [0.1, 0.15) is 0 Å². The van der Waals surface area contributed by atoms with E-state index in [0.717, 1.165) is 57.2 Å². The molecule has 6 nitrogen and oxygen atoms in total. The van der Waals surface area contributed by atoms with Crippen LogP contribution < -0.4 is 10.2 Å². The molecule has 164 valence electrons. The van der Waals surface area contributed by atoms with Crippen molar-refractivity contribution in [3.05, 3.63) is 53.9 Å². The lowest BCUT2D eigenvalue weighted by atomic mass is 9.91. The van der Waals surface area contributed by atoms with Crippen LogP contribution in [0.1, 0.15) is 55.7 Å². The molecule has 1 N–H and O–H groups in total. The molecule has 5 rings (SSSR count). The third kappa shape index (κ3) is 4.74. The first-order chi connectivity index (χ1) is 15.3. The molecule has 2 saturated heterocycles. The van der Waals surface area contributed by atoms with Crippen LogP contribution in [-0.2, 0) is 11.3 Å². The van der Waals surface area contributed by atoms with Gasteiger partial charge >= 0.3 is 0 Å². The van der Waals surface area contributed by atoms with Crippen molar-refractivity contribution in [1.29, 1.82) is 0 Å². The highest BCUT2D eigenvalue weighted by molar-refractivity contribution is 5.80. The quantitative estimate of drug-likeness (QED) is 0.778. The predicted octanol–water partition coefficient (Wildman–Crippen LogP) is 3.35. The maximum Gasteiger partial charge on any atom is 0.225 e. The Morgan fingerprint density at radius 1 is 1.00 bits per heavy atom. The molecule has 1 amide bonds. The number of rotatable bonds is 6. The van der Waals surface area contributed by atoms with Gasteiger partial charge in [-0.2, -0.15) is 0 Å². The fourth-order valence-corrected chi connectivity index (χ4v) is 5.44. The van der Waals surface area contributed by atoms with Gasteiger partial charge in [0.2, 0.25) is 11.9 Å². The molecule has 3 heterocycles. The number of carbonyl (C=O) groups excluding carboxylic acids is 1. The Kier molecular flexibility index (Phi) is 6.16. The number of hydrogen-bond donors (Lipinski definition) is 1. The SMILES string of the molecule is O=C(NC1CCCC1)[C@H]1CN(Cc2ccccc2)C[C@@H]1c1ccnc(N2CCCC2)n1. The first-order valence-electron chi connectivity index (χ1n) is 11.9. The molecule has 1 saturated carbocycles. The molecule has 0 unspecified atom stereocenters. The third-order valence-electron chi connectivity index (χ3n) is 7.12. The minimum atomic E-state index is -0.0642. The third-order valence-corrected chi connectivity index (χ3v) is 7.12. The van der Waals surface area contributed by atoms with Gasteiger partial charge in [-0.15, -0.1) is 0 Å². The standard InChI is InChI=1S/C25H33N5O/c31-24(27-20-10-4-5-11-20)22-18-29(16-19-8-2-1-3-9-19)17-21(22)23-12-13-26-25(28-23)30-14-6-7-15-30/h1-3,8-9,12-13,20-22H,4-7,10-11,14-18H2,(H,27,31)/t21-,22-/m0/s1. The van der Waals surface area contributed by atoms with Crippen LogP contribution in [0.2, 0.25) is 0 Å². The Morgan fingerprint density at radius 2 is 1.77 bits per heavy atom. The van der Waals surface area contributed by atoms with Gasteiger partial charge in [0.25, 0.3) is 0 Å². The summed E-state index contributed by atoms with van der Waals surface area (Å²) in [7, 11) is 0. The van der Waals surface area contributed by atoms with E-state index in [2.05, 4.69) is 50.4 Å². The smallest absolute Gasteiger partial charge is 0.225 e. The highest BCUT2D eigenvalue weighted by atomic mass is 16.2. The minimum Gasteiger partial charge on any atom is -0.353 e. The first-order valence-corrected chi connectivity index (χ1v) is 11.9. The van der Waals surface area contributed by atoms with Gasteiger partial charge < -0.3 is 10.2 Å². The van der Waals surface area contributed by atoms with Gasteiger partial charge in [0.05, 0.1) is 11.6 Å². The summed E-state index contributed by atoms with van der Waals surface area (Å²) < 4.78 is 0. The number of nitrogens with zero attached hydrogens (tertiary/aromatic N) is 4. The number of anilines is 1. The van der Waals surface area contributed by atoms with Crippen molar-refractivity contribution in [1.82, 2.24) is 20.2 Å². The van der Waals surface area contributed by atoms with E-state index in [1.807, 2.05) is 12.3 Å². The van der Waals surface area contributed by atoms with Crippen LogP contribution in [0.4, 0.5) is 5.95 Å². The van der Waals surface area contributed by atoms with E-state index in [-0.39, 0.29) is 17.7 Å². The summed E-state index contributed by atoms with van der Waals surface area (Å²) in [5, 5.41) is 3.36. The molecule has 0 bridgehead atoms. The fraction of sp³-hybridized carbons (Fsp3) is 0.560. The van der Waals surface area contributed by atoms with Crippen molar-refractivity contribution in [2.75, 3.05) is 31.1 Å². The maximum absolute atomic E-state index is 13.3. The fourth-order valence-electron chi connectivity index (χ4n) is 5.44. The number of benzene rings is 1. The number of amides is 1. The van der Waals surface area contributed by atoms with Crippen LogP contribution in [0.15, 0.2) is 42.6 Å². The second-order valence-electron chi connectivity index (χ2n) is 9.36. The van der Waals surface area contributed by atoms with Gasteiger partial charge in [-0.05, 0) is 37.3 Å². The van der Waals surface area contributed by atoms with Crippen LogP contribution in [0.5, 0.6) is 0 Å². The molecule has 1 aliphatic carbocycles. The summed E-state index contributed by atoms with van der Waals surface area (Å²) in [5.41, 5.74) is 2.30. The zero-order valence-corrected chi connectivity index (χ0v) is 18.2. The van der Waals surface area contributed by atoms with Gasteiger partial charge in [0.15, 0.2) is 0 Å². The normalized spacial score (nSPS) is 24.7. The number of carbonyl (C=O) groups is 1. The summed E-state index contributed by atoms with van der Waals surface area (Å²) in [5.74, 6) is 1.07. The molecule has 3 fully saturated rings. The number of likely N-dealkylation sites (tertiary alicyclic amines) is 1. The van der Waals surface area contributed by atoms with E-state index < -0.39 is 0 Å². The van der Waals surface area contributed by atoms with Gasteiger partial charge in [0, 0.05) is 50.9 Å². The van der Waals surface area contributed by atoms with Crippen LogP contribution in [-0.4, -0.2) is 53.0 Å². The second kappa shape index (κ2) is 9.35. The highest BCUT2D eigenvalue weighted by Gasteiger charge is 2.40. The zero-order chi connectivity index (χ0) is 21.0. The molecule has 0 radical (unpaired) electrons. The Morgan fingerprint density at radius 3 is 2.55 bits per heavy atom. The Labute approximate surface area is 185 Å². The summed E-state index contributed by atoms with van der Waals surface area (Å²) in [4.78, 5) is 27.5. The first kappa shape index (κ1) is 20.4. The zero-order valence-electron chi connectivity index (χ0n) is 18.2.